The molecule has 15 heavy (non-hydrogen) atoms. The minimum atomic E-state index is 0.557. The van der Waals surface area contributed by atoms with E-state index in [1.165, 1.54) is 0 Å². The van der Waals surface area contributed by atoms with Gasteiger partial charge in [-0.25, -0.2) is 0 Å². The fourth-order valence-corrected chi connectivity index (χ4v) is 2.82. The number of hydrogen-bond donors (Lipinski definition) is 1. The Bertz CT molecular complexity index is 408. The maximum absolute atomic E-state index is 6.09. The highest BCUT2D eigenvalue weighted by molar-refractivity contribution is 9.10. The summed E-state index contributed by atoms with van der Waals surface area (Å²) in [5, 5.41) is 5.44. The van der Waals surface area contributed by atoms with E-state index in [9.17, 15) is 0 Å². The largest absolute Gasteiger partial charge is 0.334 e. The van der Waals surface area contributed by atoms with Crippen LogP contribution in [0.2, 0.25) is 5.02 Å². The van der Waals surface area contributed by atoms with Crippen molar-refractivity contribution < 1.29 is 0 Å². The Hall–Kier alpha value is -0.190. The third kappa shape index (κ3) is 2.89. The lowest BCUT2D eigenvalue weighted by atomic mass is 10.3. The van der Waals surface area contributed by atoms with E-state index in [0.29, 0.717) is 10.3 Å². The topological polar surface area (TPSA) is 24.4 Å². The third-order valence-corrected chi connectivity index (χ3v) is 3.79. The summed E-state index contributed by atoms with van der Waals surface area (Å²) in [7, 11) is 0. The van der Waals surface area contributed by atoms with Crippen LogP contribution < -0.4 is 5.32 Å². The molecule has 0 amide bonds. The smallest absolute Gasteiger partial charge is 0.161 e. The van der Waals surface area contributed by atoms with Crippen molar-refractivity contribution >= 4 is 50.1 Å². The highest BCUT2D eigenvalue weighted by Crippen LogP contribution is 2.28. The van der Waals surface area contributed by atoms with Gasteiger partial charge in [-0.3, -0.25) is 4.99 Å². The van der Waals surface area contributed by atoms with Gasteiger partial charge < -0.3 is 5.32 Å². The second-order valence-corrected chi connectivity index (χ2v) is 6.07. The van der Waals surface area contributed by atoms with Gasteiger partial charge in [-0.1, -0.05) is 46.2 Å². The first kappa shape index (κ1) is 11.3. The number of benzene rings is 1. The summed E-state index contributed by atoms with van der Waals surface area (Å²) in [6.07, 6.45) is 0. The molecule has 1 heterocycles. The van der Waals surface area contributed by atoms with E-state index in [1.54, 1.807) is 11.8 Å². The van der Waals surface area contributed by atoms with Gasteiger partial charge in [0.25, 0.3) is 0 Å². The normalized spacial score (nSPS) is 20.2. The van der Waals surface area contributed by atoms with Gasteiger partial charge in [-0.05, 0) is 18.2 Å². The molecule has 0 radical (unpaired) electrons. The summed E-state index contributed by atoms with van der Waals surface area (Å²) >= 11 is 11.2. The quantitative estimate of drug-likeness (QED) is 0.848. The average molecular weight is 306 g/mol. The van der Waals surface area contributed by atoms with Gasteiger partial charge in [-0.2, -0.15) is 0 Å². The van der Waals surface area contributed by atoms with Gasteiger partial charge in [0.05, 0.1) is 17.3 Å². The lowest BCUT2D eigenvalue weighted by Gasteiger charge is -2.07. The Morgan fingerprint density at radius 3 is 3.00 bits per heavy atom. The van der Waals surface area contributed by atoms with E-state index in [0.717, 1.165) is 21.9 Å². The molecule has 2 nitrogen and oxygen atoms in total. The minimum absolute atomic E-state index is 0.557. The van der Waals surface area contributed by atoms with Gasteiger partial charge in [0.2, 0.25) is 0 Å². The predicted octanol–water partition coefficient (Wildman–Crippen LogP) is 4.01. The minimum Gasteiger partial charge on any atom is -0.334 e. The molecule has 0 spiro atoms. The van der Waals surface area contributed by atoms with Crippen LogP contribution >= 0.6 is 39.3 Å². The molecule has 0 saturated carbocycles. The molecule has 1 aliphatic heterocycles. The van der Waals surface area contributed by atoms with Gasteiger partial charge in [0.1, 0.15) is 0 Å². The average Bonchev–Trinajstić information content (AvgIpc) is 2.56. The van der Waals surface area contributed by atoms with Gasteiger partial charge in [0, 0.05) is 9.72 Å². The van der Waals surface area contributed by atoms with Crippen LogP contribution in [-0.2, 0) is 0 Å². The molecule has 1 N–H and O–H groups in total. The molecule has 0 aromatic heterocycles. The maximum atomic E-state index is 6.09. The zero-order valence-electron chi connectivity index (χ0n) is 8.13. The Balaban J connectivity index is 2.11. The summed E-state index contributed by atoms with van der Waals surface area (Å²) in [6, 6.07) is 5.77. The second-order valence-electron chi connectivity index (χ2n) is 3.32. The predicted molar refractivity (Wildman–Crippen MR) is 72.1 cm³/mol. The SMILES string of the molecule is CC1CN=C(Nc2ccc(Br)cc2Cl)S1. The number of nitrogens with zero attached hydrogens (tertiary/aromatic N) is 1. The molecule has 80 valence electrons. The lowest BCUT2D eigenvalue weighted by molar-refractivity contribution is 0.976. The fourth-order valence-electron chi connectivity index (χ4n) is 1.25. The van der Waals surface area contributed by atoms with E-state index in [1.807, 2.05) is 18.2 Å². The molecule has 0 bridgehead atoms. The molecular formula is C10H10BrClN2S. The third-order valence-electron chi connectivity index (χ3n) is 1.98. The van der Waals surface area contributed by atoms with Crippen LogP contribution in [-0.4, -0.2) is 17.0 Å². The molecule has 0 saturated heterocycles. The molecule has 1 aromatic carbocycles. The van der Waals surface area contributed by atoms with Crippen molar-refractivity contribution in [2.45, 2.75) is 12.2 Å². The second kappa shape index (κ2) is 4.76. The molecule has 1 aliphatic rings. The van der Waals surface area contributed by atoms with Crippen molar-refractivity contribution in [1.29, 1.82) is 0 Å². The van der Waals surface area contributed by atoms with Crippen LogP contribution in [0.15, 0.2) is 27.7 Å². The van der Waals surface area contributed by atoms with Crippen molar-refractivity contribution in [2.75, 3.05) is 11.9 Å². The number of thioether (sulfide) groups is 1. The van der Waals surface area contributed by atoms with Crippen LogP contribution in [0.25, 0.3) is 0 Å². The molecule has 5 heteroatoms. The lowest BCUT2D eigenvalue weighted by Crippen LogP contribution is -2.06. The van der Waals surface area contributed by atoms with E-state index >= 15 is 0 Å². The van der Waals surface area contributed by atoms with Crippen molar-refractivity contribution in [3.8, 4) is 0 Å². The summed E-state index contributed by atoms with van der Waals surface area (Å²) < 4.78 is 0.979. The first-order valence-corrected chi connectivity index (χ1v) is 6.63. The molecule has 1 aromatic rings. The monoisotopic (exact) mass is 304 g/mol. The van der Waals surface area contributed by atoms with Gasteiger partial charge in [-0.15, -0.1) is 0 Å². The van der Waals surface area contributed by atoms with Gasteiger partial charge in [0.15, 0.2) is 5.17 Å². The van der Waals surface area contributed by atoms with E-state index in [4.69, 9.17) is 11.6 Å². The summed E-state index contributed by atoms with van der Waals surface area (Å²) in [6.45, 7) is 3.03. The van der Waals surface area contributed by atoms with Crippen LogP contribution in [0.3, 0.4) is 0 Å². The van der Waals surface area contributed by atoms with E-state index < -0.39 is 0 Å². The molecule has 2 rings (SSSR count). The number of rotatable bonds is 1. The molecule has 0 aliphatic carbocycles. The molecule has 1 atom stereocenters. The fraction of sp³-hybridized carbons (Fsp3) is 0.300. The Morgan fingerprint density at radius 1 is 1.60 bits per heavy atom. The number of anilines is 1. The van der Waals surface area contributed by atoms with Crippen LogP contribution in [0.5, 0.6) is 0 Å². The number of halogens is 2. The Morgan fingerprint density at radius 2 is 2.40 bits per heavy atom. The van der Waals surface area contributed by atoms with E-state index in [2.05, 4.69) is 33.2 Å². The van der Waals surface area contributed by atoms with Gasteiger partial charge >= 0.3 is 0 Å². The summed E-state index contributed by atoms with van der Waals surface area (Å²) in [5.41, 5.74) is 0.903. The van der Waals surface area contributed by atoms with E-state index in [-0.39, 0.29) is 0 Å². The highest BCUT2D eigenvalue weighted by Gasteiger charge is 2.15. The first-order valence-electron chi connectivity index (χ1n) is 4.58. The maximum Gasteiger partial charge on any atom is 0.161 e. The Labute approximate surface area is 107 Å². The van der Waals surface area contributed by atoms with Crippen molar-refractivity contribution in [3.05, 3.63) is 27.7 Å². The van der Waals surface area contributed by atoms with Crippen molar-refractivity contribution in [3.63, 3.8) is 0 Å². The highest BCUT2D eigenvalue weighted by atomic mass is 79.9. The Kier molecular flexibility index (Phi) is 3.59. The van der Waals surface area contributed by atoms with Crippen LogP contribution in [0.1, 0.15) is 6.92 Å². The van der Waals surface area contributed by atoms with Crippen LogP contribution in [0.4, 0.5) is 5.69 Å². The first-order chi connectivity index (χ1) is 7.15. The summed E-state index contributed by atoms with van der Waals surface area (Å²) in [4.78, 5) is 4.37. The number of nitrogens with one attached hydrogen (secondary N) is 1. The zero-order chi connectivity index (χ0) is 10.8. The van der Waals surface area contributed by atoms with Crippen molar-refractivity contribution in [1.82, 2.24) is 0 Å². The summed E-state index contributed by atoms with van der Waals surface area (Å²) in [5.74, 6) is 0. The van der Waals surface area contributed by atoms with Crippen LogP contribution in [0, 0.1) is 0 Å². The molecule has 1 unspecified atom stereocenters. The zero-order valence-corrected chi connectivity index (χ0v) is 11.3. The number of amidine groups is 1. The van der Waals surface area contributed by atoms with Crippen molar-refractivity contribution in [2.24, 2.45) is 4.99 Å². The molecule has 0 fully saturated rings. The standard InChI is InChI=1S/C10H10BrClN2S/c1-6-5-13-10(15-6)14-9-3-2-7(11)4-8(9)12/h2-4,6H,5H2,1H3,(H,13,14). The number of aliphatic imine (C=N–C) groups is 1. The number of hydrogen-bond acceptors (Lipinski definition) is 3. The molecular weight excluding hydrogens is 296 g/mol.